The summed E-state index contributed by atoms with van der Waals surface area (Å²) >= 11 is 0. The van der Waals surface area contributed by atoms with Gasteiger partial charge in [-0.25, -0.2) is 0 Å². The first-order chi connectivity index (χ1) is 11.3. The van der Waals surface area contributed by atoms with E-state index in [9.17, 15) is 4.79 Å². The zero-order chi connectivity index (χ0) is 16.1. The molecular formula is C17H22N4O2. The van der Waals surface area contributed by atoms with Crippen molar-refractivity contribution in [2.24, 2.45) is 0 Å². The second-order valence-electron chi connectivity index (χ2n) is 5.87. The van der Waals surface area contributed by atoms with Crippen molar-refractivity contribution in [1.29, 1.82) is 0 Å². The van der Waals surface area contributed by atoms with E-state index in [2.05, 4.69) is 15.1 Å². The molecule has 1 aliphatic rings. The Hall–Kier alpha value is -2.24. The molecule has 2 aromatic rings. The second-order valence-corrected chi connectivity index (χ2v) is 5.87. The fourth-order valence-corrected chi connectivity index (χ4v) is 3.19. The molecule has 23 heavy (non-hydrogen) atoms. The van der Waals surface area contributed by atoms with Crippen LogP contribution in [0.3, 0.4) is 0 Å². The van der Waals surface area contributed by atoms with E-state index in [4.69, 9.17) is 4.52 Å². The van der Waals surface area contributed by atoms with Crippen LogP contribution in [0.1, 0.15) is 44.9 Å². The van der Waals surface area contributed by atoms with Gasteiger partial charge in [0.1, 0.15) is 0 Å². The Kier molecular flexibility index (Phi) is 5.00. The van der Waals surface area contributed by atoms with Crippen LogP contribution in [-0.4, -0.2) is 38.5 Å². The number of carbonyl (C=O) groups excluding carboxylic acids is 1. The third kappa shape index (κ3) is 3.75. The van der Waals surface area contributed by atoms with Crippen molar-refractivity contribution in [3.05, 3.63) is 30.4 Å². The number of amides is 1. The minimum absolute atomic E-state index is 0.183. The third-order valence-electron chi connectivity index (χ3n) is 4.39. The summed E-state index contributed by atoms with van der Waals surface area (Å²) in [4.78, 5) is 22.8. The van der Waals surface area contributed by atoms with Gasteiger partial charge in [-0.05, 0) is 31.9 Å². The molecule has 6 nitrogen and oxygen atoms in total. The maximum atomic E-state index is 12.4. The molecule has 1 aliphatic carbocycles. The maximum Gasteiger partial charge on any atom is 0.227 e. The summed E-state index contributed by atoms with van der Waals surface area (Å²) < 4.78 is 5.26. The quantitative estimate of drug-likeness (QED) is 0.820. The standard InChI is InChI=1S/C17H22N4O2/c1-2-21(14-5-3-4-6-14)16(22)8-7-15-19-17(20-23-15)13-9-11-18-12-10-13/h9-12,14H,2-8H2,1H3. The van der Waals surface area contributed by atoms with E-state index in [0.29, 0.717) is 30.6 Å². The Morgan fingerprint density at radius 2 is 2.04 bits per heavy atom. The molecular weight excluding hydrogens is 292 g/mol. The fraction of sp³-hybridized carbons (Fsp3) is 0.529. The molecule has 0 aliphatic heterocycles. The topological polar surface area (TPSA) is 72.1 Å². The highest BCUT2D eigenvalue weighted by Gasteiger charge is 2.25. The molecule has 0 aromatic carbocycles. The average Bonchev–Trinajstić information content (AvgIpc) is 3.26. The Labute approximate surface area is 135 Å². The Morgan fingerprint density at radius 1 is 1.30 bits per heavy atom. The number of nitrogens with zero attached hydrogens (tertiary/aromatic N) is 4. The first-order valence-electron chi connectivity index (χ1n) is 8.30. The van der Waals surface area contributed by atoms with E-state index in [-0.39, 0.29) is 5.91 Å². The van der Waals surface area contributed by atoms with E-state index < -0.39 is 0 Å². The van der Waals surface area contributed by atoms with Crippen LogP contribution in [0.4, 0.5) is 0 Å². The molecule has 0 bridgehead atoms. The number of aromatic nitrogens is 3. The molecule has 0 unspecified atom stereocenters. The van der Waals surface area contributed by atoms with Gasteiger partial charge < -0.3 is 9.42 Å². The lowest BCUT2D eigenvalue weighted by Crippen LogP contribution is -2.38. The van der Waals surface area contributed by atoms with Crippen molar-refractivity contribution in [3.8, 4) is 11.4 Å². The summed E-state index contributed by atoms with van der Waals surface area (Å²) in [6, 6.07) is 4.08. The number of pyridine rings is 1. The van der Waals surface area contributed by atoms with Crippen LogP contribution in [0.25, 0.3) is 11.4 Å². The predicted octanol–water partition coefficient (Wildman–Crippen LogP) is 2.86. The fourth-order valence-electron chi connectivity index (χ4n) is 3.19. The van der Waals surface area contributed by atoms with Gasteiger partial charge in [-0.3, -0.25) is 9.78 Å². The largest absolute Gasteiger partial charge is 0.340 e. The van der Waals surface area contributed by atoms with Gasteiger partial charge >= 0.3 is 0 Å². The van der Waals surface area contributed by atoms with E-state index in [1.807, 2.05) is 24.0 Å². The van der Waals surface area contributed by atoms with Crippen molar-refractivity contribution in [2.45, 2.75) is 51.5 Å². The van der Waals surface area contributed by atoms with Crippen LogP contribution < -0.4 is 0 Å². The zero-order valence-electron chi connectivity index (χ0n) is 13.4. The minimum Gasteiger partial charge on any atom is -0.340 e. The highest BCUT2D eigenvalue weighted by atomic mass is 16.5. The van der Waals surface area contributed by atoms with Crippen molar-refractivity contribution in [1.82, 2.24) is 20.0 Å². The van der Waals surface area contributed by atoms with E-state index in [0.717, 1.165) is 24.9 Å². The molecule has 0 atom stereocenters. The predicted molar refractivity (Wildman–Crippen MR) is 85.5 cm³/mol. The highest BCUT2D eigenvalue weighted by molar-refractivity contribution is 5.76. The number of carbonyl (C=O) groups is 1. The second kappa shape index (κ2) is 7.35. The van der Waals surface area contributed by atoms with Gasteiger partial charge in [-0.15, -0.1) is 0 Å². The summed E-state index contributed by atoms with van der Waals surface area (Å²) in [6.07, 6.45) is 9.01. The molecule has 1 saturated carbocycles. The van der Waals surface area contributed by atoms with Crippen LogP contribution in [0, 0.1) is 0 Å². The Bertz CT molecular complexity index is 635. The summed E-state index contributed by atoms with van der Waals surface area (Å²) in [7, 11) is 0. The first kappa shape index (κ1) is 15.6. The van der Waals surface area contributed by atoms with Crippen molar-refractivity contribution >= 4 is 5.91 Å². The molecule has 3 rings (SSSR count). The Balaban J connectivity index is 1.57. The molecule has 0 N–H and O–H groups in total. The van der Waals surface area contributed by atoms with Crippen LogP contribution in [-0.2, 0) is 11.2 Å². The van der Waals surface area contributed by atoms with Crippen LogP contribution in [0.2, 0.25) is 0 Å². The summed E-state index contributed by atoms with van der Waals surface area (Å²) in [5, 5.41) is 3.97. The third-order valence-corrected chi connectivity index (χ3v) is 4.39. The van der Waals surface area contributed by atoms with Crippen LogP contribution in [0.15, 0.2) is 29.0 Å². The molecule has 2 aromatic heterocycles. The number of aryl methyl sites for hydroxylation is 1. The van der Waals surface area contributed by atoms with Gasteiger partial charge in [-0.1, -0.05) is 18.0 Å². The van der Waals surface area contributed by atoms with Crippen LogP contribution in [0.5, 0.6) is 0 Å². The van der Waals surface area contributed by atoms with Crippen molar-refractivity contribution in [3.63, 3.8) is 0 Å². The monoisotopic (exact) mass is 314 g/mol. The normalized spacial score (nSPS) is 15.0. The van der Waals surface area contributed by atoms with Crippen molar-refractivity contribution in [2.75, 3.05) is 6.54 Å². The molecule has 0 spiro atoms. The van der Waals surface area contributed by atoms with Gasteiger partial charge in [0.25, 0.3) is 0 Å². The van der Waals surface area contributed by atoms with E-state index in [1.165, 1.54) is 12.8 Å². The number of hydrogen-bond acceptors (Lipinski definition) is 5. The first-order valence-corrected chi connectivity index (χ1v) is 8.30. The lowest BCUT2D eigenvalue weighted by molar-refractivity contribution is -0.133. The number of hydrogen-bond donors (Lipinski definition) is 0. The molecule has 0 saturated heterocycles. The van der Waals surface area contributed by atoms with Gasteiger partial charge in [-0.2, -0.15) is 4.98 Å². The average molecular weight is 314 g/mol. The summed E-state index contributed by atoms with van der Waals surface area (Å²) in [5.41, 5.74) is 0.863. The smallest absolute Gasteiger partial charge is 0.227 e. The Morgan fingerprint density at radius 3 is 2.74 bits per heavy atom. The highest BCUT2D eigenvalue weighted by Crippen LogP contribution is 2.24. The van der Waals surface area contributed by atoms with Gasteiger partial charge in [0.15, 0.2) is 0 Å². The summed E-state index contributed by atoms with van der Waals surface area (Å²) in [5.74, 6) is 1.23. The van der Waals surface area contributed by atoms with Gasteiger partial charge in [0, 0.05) is 43.4 Å². The van der Waals surface area contributed by atoms with E-state index >= 15 is 0 Å². The molecule has 6 heteroatoms. The minimum atomic E-state index is 0.183. The van der Waals surface area contributed by atoms with Gasteiger partial charge in [0.05, 0.1) is 0 Å². The SMILES string of the molecule is CCN(C(=O)CCc1nc(-c2ccncc2)no1)C1CCCC1. The van der Waals surface area contributed by atoms with E-state index in [1.54, 1.807) is 12.4 Å². The molecule has 0 radical (unpaired) electrons. The lowest BCUT2D eigenvalue weighted by atomic mass is 10.2. The maximum absolute atomic E-state index is 12.4. The van der Waals surface area contributed by atoms with Crippen molar-refractivity contribution < 1.29 is 9.32 Å². The van der Waals surface area contributed by atoms with Crippen LogP contribution >= 0.6 is 0 Å². The molecule has 122 valence electrons. The number of rotatable bonds is 6. The summed E-state index contributed by atoms with van der Waals surface area (Å²) in [6.45, 7) is 2.82. The molecule has 2 heterocycles. The molecule has 1 amide bonds. The molecule has 1 fully saturated rings. The zero-order valence-corrected chi connectivity index (χ0v) is 13.4. The lowest BCUT2D eigenvalue weighted by Gasteiger charge is -2.27. The van der Waals surface area contributed by atoms with Gasteiger partial charge in [0.2, 0.25) is 17.6 Å².